The number of aromatic nitrogens is 3. The van der Waals surface area contributed by atoms with Crippen LogP contribution in [0, 0.1) is 19.7 Å². The molecule has 0 aliphatic heterocycles. The van der Waals surface area contributed by atoms with Gasteiger partial charge in [0.25, 0.3) is 0 Å². The number of nitrogens with zero attached hydrogens (tertiary/aromatic N) is 3. The molecule has 8 heteroatoms. The zero-order valence-corrected chi connectivity index (χ0v) is 16.3. The van der Waals surface area contributed by atoms with E-state index in [1.807, 2.05) is 13.0 Å². The summed E-state index contributed by atoms with van der Waals surface area (Å²) >= 11 is 12.1. The van der Waals surface area contributed by atoms with E-state index >= 15 is 0 Å². The number of benzene rings is 1. The molecule has 1 unspecified atom stereocenters. The first kappa shape index (κ1) is 19.3. The summed E-state index contributed by atoms with van der Waals surface area (Å²) in [7, 11) is 0. The summed E-state index contributed by atoms with van der Waals surface area (Å²) in [4.78, 5) is 16.2. The Hall–Kier alpha value is -2.44. The lowest BCUT2D eigenvalue weighted by molar-refractivity contribution is 0.0710. The molecule has 0 aliphatic carbocycles. The van der Waals surface area contributed by atoms with Gasteiger partial charge in [0.2, 0.25) is 5.88 Å². The number of hydrogen-bond donors (Lipinski definition) is 0. The average molecular weight is 408 g/mol. The van der Waals surface area contributed by atoms with Gasteiger partial charge in [0.1, 0.15) is 11.4 Å². The van der Waals surface area contributed by atoms with Crippen LogP contribution in [0.5, 0.6) is 5.88 Å². The lowest BCUT2D eigenvalue weighted by atomic mass is 10.1. The largest absolute Gasteiger partial charge is 0.404 e. The molecule has 3 aromatic rings. The van der Waals surface area contributed by atoms with Crippen molar-refractivity contribution in [3.8, 4) is 5.88 Å². The second-order valence-corrected chi connectivity index (χ2v) is 6.87. The Labute approximate surface area is 165 Å². The molecule has 2 heterocycles. The van der Waals surface area contributed by atoms with Gasteiger partial charge in [0.05, 0.1) is 21.8 Å². The van der Waals surface area contributed by atoms with Crippen LogP contribution in [-0.4, -0.2) is 20.7 Å². The number of aryl methyl sites for hydroxylation is 1. The van der Waals surface area contributed by atoms with E-state index in [0.717, 1.165) is 17.8 Å². The fourth-order valence-corrected chi connectivity index (χ4v) is 2.88. The molecular weight excluding hydrogens is 392 g/mol. The van der Waals surface area contributed by atoms with E-state index in [9.17, 15) is 9.18 Å². The zero-order chi connectivity index (χ0) is 19.7. The van der Waals surface area contributed by atoms with Crippen LogP contribution in [0.1, 0.15) is 40.1 Å². The first-order valence-corrected chi connectivity index (χ1v) is 8.87. The summed E-state index contributed by atoms with van der Waals surface area (Å²) < 4.78 is 20.9. The molecule has 0 radical (unpaired) electrons. The maximum Gasteiger partial charge on any atom is 0.349 e. The minimum Gasteiger partial charge on any atom is -0.404 e. The van der Waals surface area contributed by atoms with Crippen LogP contribution in [-0.2, 0) is 0 Å². The third-order valence-electron chi connectivity index (χ3n) is 4.30. The first-order chi connectivity index (χ1) is 12.8. The van der Waals surface area contributed by atoms with Gasteiger partial charge >= 0.3 is 5.97 Å². The van der Waals surface area contributed by atoms with E-state index in [-0.39, 0.29) is 17.5 Å². The number of pyridine rings is 1. The summed E-state index contributed by atoms with van der Waals surface area (Å²) in [5.41, 5.74) is 1.96. The molecule has 0 bridgehead atoms. The Balaban J connectivity index is 1.98. The van der Waals surface area contributed by atoms with E-state index in [4.69, 9.17) is 27.9 Å². The molecule has 27 heavy (non-hydrogen) atoms. The second kappa shape index (κ2) is 7.66. The Morgan fingerprint density at radius 3 is 2.63 bits per heavy atom. The van der Waals surface area contributed by atoms with E-state index in [2.05, 4.69) is 10.1 Å². The minimum absolute atomic E-state index is 0.235. The predicted octanol–water partition coefficient (Wildman–Crippen LogP) is 5.17. The predicted molar refractivity (Wildman–Crippen MR) is 101 cm³/mol. The van der Waals surface area contributed by atoms with Crippen LogP contribution in [0.15, 0.2) is 36.7 Å². The molecule has 1 aromatic carbocycles. The fraction of sp³-hybridized carbons (Fsp3) is 0.211. The lowest BCUT2D eigenvalue weighted by Gasteiger charge is -2.17. The monoisotopic (exact) mass is 407 g/mol. The van der Waals surface area contributed by atoms with Crippen LogP contribution >= 0.6 is 23.2 Å². The molecular formula is C19H16Cl2FN3O2. The third kappa shape index (κ3) is 3.82. The highest BCUT2D eigenvalue weighted by molar-refractivity contribution is 6.42. The van der Waals surface area contributed by atoms with Crippen molar-refractivity contribution in [3.05, 3.63) is 74.9 Å². The van der Waals surface area contributed by atoms with Gasteiger partial charge in [0.15, 0.2) is 0 Å². The van der Waals surface area contributed by atoms with Crippen molar-refractivity contribution in [2.45, 2.75) is 26.8 Å². The van der Waals surface area contributed by atoms with Crippen molar-refractivity contribution in [2.24, 2.45) is 0 Å². The van der Waals surface area contributed by atoms with Gasteiger partial charge in [-0.3, -0.25) is 4.98 Å². The third-order valence-corrected chi connectivity index (χ3v) is 5.04. The molecule has 0 fully saturated rings. The zero-order valence-electron chi connectivity index (χ0n) is 14.8. The highest BCUT2D eigenvalue weighted by Gasteiger charge is 2.23. The molecule has 2 aromatic heterocycles. The highest BCUT2D eigenvalue weighted by Crippen LogP contribution is 2.32. The van der Waals surface area contributed by atoms with Gasteiger partial charge in [-0.25, -0.2) is 13.9 Å². The molecule has 0 spiro atoms. The fourth-order valence-electron chi connectivity index (χ4n) is 2.58. The molecule has 1 atom stereocenters. The van der Waals surface area contributed by atoms with E-state index in [0.29, 0.717) is 21.3 Å². The summed E-state index contributed by atoms with van der Waals surface area (Å²) in [6.45, 7) is 5.46. The van der Waals surface area contributed by atoms with Crippen molar-refractivity contribution >= 4 is 29.2 Å². The van der Waals surface area contributed by atoms with Crippen LogP contribution in [0.2, 0.25) is 10.0 Å². The smallest absolute Gasteiger partial charge is 0.349 e. The summed E-state index contributed by atoms with van der Waals surface area (Å²) in [5, 5.41) is 5.32. The SMILES string of the molecule is Cc1nn(C(C)c2ccc(Cl)c(Cl)c2)c(OC(=O)c2cnccc2F)c1C. The first-order valence-electron chi connectivity index (χ1n) is 8.12. The Bertz CT molecular complexity index is 1020. The van der Waals surface area contributed by atoms with Crippen LogP contribution in [0.4, 0.5) is 4.39 Å². The normalized spacial score (nSPS) is 12.1. The van der Waals surface area contributed by atoms with E-state index in [1.54, 1.807) is 30.7 Å². The number of halogens is 3. The number of rotatable bonds is 4. The summed E-state index contributed by atoms with van der Waals surface area (Å²) in [6, 6.07) is 6.04. The molecule has 3 rings (SSSR count). The van der Waals surface area contributed by atoms with Crippen molar-refractivity contribution in [3.63, 3.8) is 0 Å². The average Bonchev–Trinajstić information content (AvgIpc) is 2.92. The van der Waals surface area contributed by atoms with Crippen molar-refractivity contribution in [1.82, 2.24) is 14.8 Å². The maximum atomic E-state index is 13.9. The number of carbonyl (C=O) groups excluding carboxylic acids is 1. The van der Waals surface area contributed by atoms with Crippen molar-refractivity contribution < 1.29 is 13.9 Å². The standard InChI is InChI=1S/C19H16Cl2FN3O2/c1-10-11(2)24-25(12(3)13-4-5-15(20)16(21)8-13)18(10)27-19(26)14-9-23-7-6-17(14)22/h4-9,12H,1-3H3. The van der Waals surface area contributed by atoms with E-state index in [1.165, 1.54) is 6.20 Å². The Morgan fingerprint density at radius 2 is 1.96 bits per heavy atom. The number of ether oxygens (including phenoxy) is 1. The highest BCUT2D eigenvalue weighted by atomic mass is 35.5. The number of hydrogen-bond acceptors (Lipinski definition) is 4. The van der Waals surface area contributed by atoms with Crippen LogP contribution in [0.25, 0.3) is 0 Å². The topological polar surface area (TPSA) is 57.0 Å². The quantitative estimate of drug-likeness (QED) is 0.559. The number of esters is 1. The minimum atomic E-state index is -0.841. The van der Waals surface area contributed by atoms with Gasteiger partial charge in [0, 0.05) is 18.0 Å². The molecule has 0 saturated carbocycles. The van der Waals surface area contributed by atoms with Crippen LogP contribution < -0.4 is 4.74 Å². The maximum absolute atomic E-state index is 13.9. The van der Waals surface area contributed by atoms with Crippen LogP contribution in [0.3, 0.4) is 0 Å². The molecule has 140 valence electrons. The van der Waals surface area contributed by atoms with Gasteiger partial charge in [-0.2, -0.15) is 5.10 Å². The van der Waals surface area contributed by atoms with Gasteiger partial charge < -0.3 is 4.74 Å². The summed E-state index contributed by atoms with van der Waals surface area (Å²) in [5.74, 6) is -1.31. The lowest BCUT2D eigenvalue weighted by Crippen LogP contribution is -2.17. The van der Waals surface area contributed by atoms with Gasteiger partial charge in [-0.05, 0) is 44.5 Å². The van der Waals surface area contributed by atoms with Crippen molar-refractivity contribution in [1.29, 1.82) is 0 Å². The molecule has 0 N–H and O–H groups in total. The van der Waals surface area contributed by atoms with Crippen molar-refractivity contribution in [2.75, 3.05) is 0 Å². The Kier molecular flexibility index (Phi) is 5.48. The molecule has 0 aliphatic rings. The molecule has 5 nitrogen and oxygen atoms in total. The molecule has 0 saturated heterocycles. The van der Waals surface area contributed by atoms with Gasteiger partial charge in [-0.15, -0.1) is 0 Å². The second-order valence-electron chi connectivity index (χ2n) is 6.05. The van der Waals surface area contributed by atoms with Gasteiger partial charge in [-0.1, -0.05) is 29.3 Å². The Morgan fingerprint density at radius 1 is 1.22 bits per heavy atom. The summed E-state index contributed by atoms with van der Waals surface area (Å²) in [6.07, 6.45) is 2.39. The molecule has 0 amide bonds. The van der Waals surface area contributed by atoms with E-state index < -0.39 is 11.8 Å². The number of carbonyl (C=O) groups is 1.